The fraction of sp³-hybridized carbons (Fsp3) is 0.647. The van der Waals surface area contributed by atoms with Gasteiger partial charge in [0.2, 0.25) is 0 Å². The third kappa shape index (κ3) is 3.33. The van der Waals surface area contributed by atoms with Gasteiger partial charge in [0.15, 0.2) is 0 Å². The van der Waals surface area contributed by atoms with Crippen LogP contribution in [0.1, 0.15) is 51.6 Å². The van der Waals surface area contributed by atoms with Crippen molar-refractivity contribution in [1.29, 1.82) is 0 Å². The average Bonchev–Trinajstić information content (AvgIpc) is 2.46. The first-order valence-corrected chi connectivity index (χ1v) is 7.68. The fourth-order valence-corrected chi connectivity index (χ4v) is 2.97. The Bertz CT molecular complexity index is 400. The molecule has 3 nitrogen and oxygen atoms in total. The van der Waals surface area contributed by atoms with Crippen LogP contribution in [0.4, 0.5) is 0 Å². The lowest BCUT2D eigenvalue weighted by Crippen LogP contribution is -2.51. The highest BCUT2D eigenvalue weighted by Gasteiger charge is 2.37. The van der Waals surface area contributed by atoms with E-state index in [2.05, 4.69) is 45.8 Å². The molecule has 1 aromatic rings. The van der Waals surface area contributed by atoms with E-state index >= 15 is 0 Å². The van der Waals surface area contributed by atoms with Crippen molar-refractivity contribution in [1.82, 2.24) is 4.90 Å². The summed E-state index contributed by atoms with van der Waals surface area (Å²) in [5, 5.41) is 0. The molecule has 1 aromatic carbocycles. The largest absolute Gasteiger partial charge is 0.493 e. The third-order valence-corrected chi connectivity index (χ3v) is 4.41. The minimum absolute atomic E-state index is 0.0360. The van der Waals surface area contributed by atoms with Crippen LogP contribution < -0.4 is 10.5 Å². The molecule has 0 aliphatic heterocycles. The number of para-hydroxylation sites is 1. The van der Waals surface area contributed by atoms with Gasteiger partial charge in [0.1, 0.15) is 5.75 Å². The van der Waals surface area contributed by atoms with Gasteiger partial charge in [0.25, 0.3) is 0 Å². The van der Waals surface area contributed by atoms with Gasteiger partial charge in [-0.25, -0.2) is 0 Å². The van der Waals surface area contributed by atoms with Crippen LogP contribution in [0.2, 0.25) is 0 Å². The van der Waals surface area contributed by atoms with E-state index in [1.807, 2.05) is 18.2 Å². The predicted molar refractivity (Wildman–Crippen MR) is 86.2 cm³/mol. The van der Waals surface area contributed by atoms with Crippen LogP contribution in [0.3, 0.4) is 0 Å². The van der Waals surface area contributed by atoms with Crippen LogP contribution in [-0.2, 0) is 0 Å². The van der Waals surface area contributed by atoms with Crippen molar-refractivity contribution in [2.24, 2.45) is 5.73 Å². The molecule has 0 aliphatic rings. The summed E-state index contributed by atoms with van der Waals surface area (Å²) in [5.41, 5.74) is 7.72. The first-order valence-electron chi connectivity index (χ1n) is 7.68. The lowest BCUT2D eigenvalue weighted by atomic mass is 9.80. The SMILES string of the molecule is CCCOc1ccccc1C(N)C(CC)(CC)N(C)C. The molecule has 0 amide bonds. The normalized spacial score (nSPS) is 13.6. The van der Waals surface area contributed by atoms with Gasteiger partial charge in [-0.15, -0.1) is 0 Å². The molecular formula is C17H30N2O. The molecule has 0 aromatic heterocycles. The zero-order valence-corrected chi connectivity index (χ0v) is 13.6. The number of likely N-dealkylation sites (N-methyl/N-ethyl adjacent to an activating group) is 1. The maximum Gasteiger partial charge on any atom is 0.124 e. The molecule has 0 radical (unpaired) electrons. The van der Waals surface area contributed by atoms with Crippen LogP contribution >= 0.6 is 0 Å². The Balaban J connectivity index is 3.15. The number of hydrogen-bond donors (Lipinski definition) is 1. The Morgan fingerprint density at radius 3 is 2.25 bits per heavy atom. The van der Waals surface area contributed by atoms with Gasteiger partial charge in [-0.05, 0) is 39.4 Å². The van der Waals surface area contributed by atoms with Gasteiger partial charge < -0.3 is 15.4 Å². The molecule has 1 unspecified atom stereocenters. The molecule has 0 aliphatic carbocycles. The first-order chi connectivity index (χ1) is 9.53. The van der Waals surface area contributed by atoms with E-state index in [1.54, 1.807) is 0 Å². The van der Waals surface area contributed by atoms with Crippen molar-refractivity contribution in [3.63, 3.8) is 0 Å². The molecule has 2 N–H and O–H groups in total. The number of nitrogens with zero attached hydrogens (tertiary/aromatic N) is 1. The van der Waals surface area contributed by atoms with Crippen molar-refractivity contribution >= 4 is 0 Å². The number of hydrogen-bond acceptors (Lipinski definition) is 3. The number of ether oxygens (including phenoxy) is 1. The summed E-state index contributed by atoms with van der Waals surface area (Å²) < 4.78 is 5.87. The quantitative estimate of drug-likeness (QED) is 0.789. The second kappa shape index (κ2) is 7.65. The van der Waals surface area contributed by atoms with E-state index in [-0.39, 0.29) is 11.6 Å². The number of rotatable bonds is 8. The van der Waals surface area contributed by atoms with Crippen molar-refractivity contribution < 1.29 is 4.74 Å². The lowest BCUT2D eigenvalue weighted by molar-refractivity contribution is 0.104. The monoisotopic (exact) mass is 278 g/mol. The molecule has 0 saturated carbocycles. The summed E-state index contributed by atoms with van der Waals surface area (Å²) in [6.07, 6.45) is 3.03. The van der Waals surface area contributed by atoms with E-state index in [1.165, 1.54) is 0 Å². The molecule has 0 spiro atoms. The molecule has 0 saturated heterocycles. The van der Waals surface area contributed by atoms with Gasteiger partial charge in [0, 0.05) is 11.1 Å². The Labute approximate surface area is 124 Å². The van der Waals surface area contributed by atoms with Crippen LogP contribution in [0, 0.1) is 0 Å². The van der Waals surface area contributed by atoms with Gasteiger partial charge in [0.05, 0.1) is 12.6 Å². The van der Waals surface area contributed by atoms with Gasteiger partial charge in [-0.1, -0.05) is 39.0 Å². The molecular weight excluding hydrogens is 248 g/mol. The Morgan fingerprint density at radius 1 is 1.15 bits per heavy atom. The van der Waals surface area contributed by atoms with E-state index < -0.39 is 0 Å². The van der Waals surface area contributed by atoms with Crippen LogP contribution in [0.25, 0.3) is 0 Å². The van der Waals surface area contributed by atoms with Crippen molar-refractivity contribution in [3.8, 4) is 5.75 Å². The Morgan fingerprint density at radius 2 is 1.75 bits per heavy atom. The van der Waals surface area contributed by atoms with Gasteiger partial charge in [-0.3, -0.25) is 0 Å². The molecule has 1 atom stereocenters. The van der Waals surface area contributed by atoms with Crippen molar-refractivity contribution in [2.45, 2.75) is 51.6 Å². The van der Waals surface area contributed by atoms with E-state index in [0.29, 0.717) is 0 Å². The summed E-state index contributed by atoms with van der Waals surface area (Å²) in [6, 6.07) is 8.12. The second-order valence-corrected chi connectivity index (χ2v) is 5.57. The number of benzene rings is 1. The fourth-order valence-electron chi connectivity index (χ4n) is 2.97. The smallest absolute Gasteiger partial charge is 0.124 e. The molecule has 1 rings (SSSR count). The van der Waals surface area contributed by atoms with Crippen LogP contribution in [0.15, 0.2) is 24.3 Å². The highest BCUT2D eigenvalue weighted by molar-refractivity contribution is 5.37. The van der Waals surface area contributed by atoms with Gasteiger partial charge >= 0.3 is 0 Å². The maximum absolute atomic E-state index is 6.65. The summed E-state index contributed by atoms with van der Waals surface area (Å²) in [4.78, 5) is 2.26. The molecule has 0 heterocycles. The van der Waals surface area contributed by atoms with Crippen molar-refractivity contribution in [3.05, 3.63) is 29.8 Å². The molecule has 0 fully saturated rings. The molecule has 114 valence electrons. The molecule has 20 heavy (non-hydrogen) atoms. The average molecular weight is 278 g/mol. The summed E-state index contributed by atoms with van der Waals surface area (Å²) in [7, 11) is 4.23. The second-order valence-electron chi connectivity index (χ2n) is 5.57. The Hall–Kier alpha value is -1.06. The maximum atomic E-state index is 6.65. The van der Waals surface area contributed by atoms with E-state index in [0.717, 1.165) is 37.2 Å². The summed E-state index contributed by atoms with van der Waals surface area (Å²) in [6.45, 7) is 7.26. The zero-order valence-electron chi connectivity index (χ0n) is 13.6. The van der Waals surface area contributed by atoms with Crippen LogP contribution in [0.5, 0.6) is 5.75 Å². The molecule has 0 bridgehead atoms. The van der Waals surface area contributed by atoms with Gasteiger partial charge in [-0.2, -0.15) is 0 Å². The molecule has 3 heteroatoms. The lowest BCUT2D eigenvalue weighted by Gasteiger charge is -2.44. The predicted octanol–water partition coefficient (Wildman–Crippen LogP) is 3.60. The highest BCUT2D eigenvalue weighted by atomic mass is 16.5. The van der Waals surface area contributed by atoms with Crippen molar-refractivity contribution in [2.75, 3.05) is 20.7 Å². The highest BCUT2D eigenvalue weighted by Crippen LogP contribution is 2.37. The van der Waals surface area contributed by atoms with Crippen LogP contribution in [-0.4, -0.2) is 31.1 Å². The topological polar surface area (TPSA) is 38.5 Å². The first kappa shape index (κ1) is 17.0. The van der Waals surface area contributed by atoms with E-state index in [4.69, 9.17) is 10.5 Å². The zero-order chi connectivity index (χ0) is 15.2. The number of nitrogens with two attached hydrogens (primary N) is 1. The Kier molecular flexibility index (Phi) is 6.50. The third-order valence-electron chi connectivity index (χ3n) is 4.41. The van der Waals surface area contributed by atoms with E-state index in [9.17, 15) is 0 Å². The summed E-state index contributed by atoms with van der Waals surface area (Å²) >= 11 is 0. The minimum Gasteiger partial charge on any atom is -0.493 e. The minimum atomic E-state index is -0.0550. The standard InChI is InChI=1S/C17H30N2O/c1-6-13-20-15-12-10-9-11-14(15)16(18)17(7-2,8-3)19(4)5/h9-12,16H,6-8,13,18H2,1-5H3. The summed E-state index contributed by atoms with van der Waals surface area (Å²) in [5.74, 6) is 0.926.